The molecule has 0 bridgehead atoms. The van der Waals surface area contributed by atoms with Crippen LogP contribution in [0.25, 0.3) is 0 Å². The standard InChI is InChI=1S/C18H27N3O5.ClH/c1-13-3-2-4-16(20-13)26-12-18(9-14(22)15(23)10-18)11-19-17(24)21-5-7-25-8-6-21;/h2-4,14-15,22-23H,5-12H2,1H3,(H,19,24);1H/t14-,15+,18?;. The fraction of sp³-hybridized carbons (Fsp3) is 0.667. The van der Waals surface area contributed by atoms with Crippen LogP contribution in [0, 0.1) is 12.3 Å². The quantitative estimate of drug-likeness (QED) is 0.672. The number of nitrogens with zero attached hydrogens (tertiary/aromatic N) is 2. The van der Waals surface area contributed by atoms with Crippen LogP contribution in [0.2, 0.25) is 0 Å². The number of aliphatic hydroxyl groups is 2. The molecule has 2 aliphatic rings. The van der Waals surface area contributed by atoms with E-state index in [9.17, 15) is 15.0 Å². The van der Waals surface area contributed by atoms with Crippen LogP contribution < -0.4 is 10.1 Å². The van der Waals surface area contributed by atoms with Crippen LogP contribution in [-0.2, 0) is 4.74 Å². The van der Waals surface area contributed by atoms with E-state index in [1.165, 1.54) is 0 Å². The molecule has 1 saturated carbocycles. The highest BCUT2D eigenvalue weighted by atomic mass is 35.5. The van der Waals surface area contributed by atoms with Gasteiger partial charge in [0.1, 0.15) is 0 Å². The third-order valence-electron chi connectivity index (χ3n) is 5.03. The van der Waals surface area contributed by atoms with E-state index in [1.54, 1.807) is 11.0 Å². The number of carbonyl (C=O) groups is 1. The highest BCUT2D eigenvalue weighted by molar-refractivity contribution is 5.85. The number of urea groups is 1. The number of amides is 2. The Balaban J connectivity index is 0.00000261. The van der Waals surface area contributed by atoms with Crippen molar-refractivity contribution in [3.05, 3.63) is 23.9 Å². The van der Waals surface area contributed by atoms with Crippen molar-refractivity contribution in [3.8, 4) is 5.88 Å². The van der Waals surface area contributed by atoms with E-state index in [1.807, 2.05) is 19.1 Å². The Morgan fingerprint density at radius 1 is 1.33 bits per heavy atom. The van der Waals surface area contributed by atoms with Crippen LogP contribution in [0.4, 0.5) is 4.79 Å². The molecule has 0 spiro atoms. The fourth-order valence-electron chi connectivity index (χ4n) is 3.52. The van der Waals surface area contributed by atoms with Gasteiger partial charge in [0, 0.05) is 36.8 Å². The Morgan fingerprint density at radius 2 is 2.00 bits per heavy atom. The van der Waals surface area contributed by atoms with Gasteiger partial charge in [-0.3, -0.25) is 0 Å². The topological polar surface area (TPSA) is 104 Å². The smallest absolute Gasteiger partial charge is 0.317 e. The number of aromatic nitrogens is 1. The molecular formula is C18H28ClN3O5. The summed E-state index contributed by atoms with van der Waals surface area (Å²) >= 11 is 0. The Kier molecular flexibility index (Phi) is 7.67. The minimum Gasteiger partial charge on any atom is -0.477 e. The molecule has 8 nitrogen and oxygen atoms in total. The molecule has 3 atom stereocenters. The van der Waals surface area contributed by atoms with E-state index in [2.05, 4.69) is 10.3 Å². The zero-order valence-corrected chi connectivity index (χ0v) is 16.3. The largest absolute Gasteiger partial charge is 0.477 e. The van der Waals surface area contributed by atoms with Gasteiger partial charge in [0.15, 0.2) is 0 Å². The van der Waals surface area contributed by atoms with Gasteiger partial charge in [0.2, 0.25) is 5.88 Å². The third kappa shape index (κ3) is 5.68. The van der Waals surface area contributed by atoms with Gasteiger partial charge in [0.25, 0.3) is 0 Å². The number of hydrogen-bond donors (Lipinski definition) is 3. The Morgan fingerprint density at radius 3 is 2.63 bits per heavy atom. The molecular weight excluding hydrogens is 374 g/mol. The molecule has 2 amide bonds. The number of halogens is 1. The van der Waals surface area contributed by atoms with E-state index in [-0.39, 0.29) is 25.0 Å². The van der Waals surface area contributed by atoms with Gasteiger partial charge in [-0.1, -0.05) is 6.07 Å². The second kappa shape index (κ2) is 9.54. The summed E-state index contributed by atoms with van der Waals surface area (Å²) in [4.78, 5) is 18.4. The molecule has 3 rings (SSSR count). The van der Waals surface area contributed by atoms with Crippen LogP contribution in [0.3, 0.4) is 0 Å². The van der Waals surface area contributed by atoms with E-state index in [0.717, 1.165) is 5.69 Å². The second-order valence-electron chi connectivity index (χ2n) is 7.21. The highest BCUT2D eigenvalue weighted by Gasteiger charge is 2.45. The predicted octanol–water partition coefficient (Wildman–Crippen LogP) is 0.734. The van der Waals surface area contributed by atoms with Gasteiger partial charge in [-0.25, -0.2) is 9.78 Å². The van der Waals surface area contributed by atoms with Gasteiger partial charge < -0.3 is 29.9 Å². The summed E-state index contributed by atoms with van der Waals surface area (Å²) in [5.74, 6) is 0.500. The number of nitrogens with one attached hydrogen (secondary N) is 1. The van der Waals surface area contributed by atoms with Crippen molar-refractivity contribution in [3.63, 3.8) is 0 Å². The second-order valence-corrected chi connectivity index (χ2v) is 7.21. The van der Waals surface area contributed by atoms with Crippen LogP contribution >= 0.6 is 12.4 Å². The third-order valence-corrected chi connectivity index (χ3v) is 5.03. The van der Waals surface area contributed by atoms with Crippen molar-refractivity contribution in [1.29, 1.82) is 0 Å². The molecule has 0 aromatic carbocycles. The lowest BCUT2D eigenvalue weighted by atomic mass is 9.86. The minimum absolute atomic E-state index is 0. The van der Waals surface area contributed by atoms with Gasteiger partial charge in [-0.2, -0.15) is 0 Å². The average Bonchev–Trinajstić information content (AvgIpc) is 2.93. The van der Waals surface area contributed by atoms with E-state index >= 15 is 0 Å². The van der Waals surface area contributed by atoms with Crippen molar-refractivity contribution in [2.24, 2.45) is 5.41 Å². The Labute approximate surface area is 165 Å². The molecule has 1 aliphatic carbocycles. The first-order chi connectivity index (χ1) is 12.5. The normalized spacial score (nSPS) is 27.7. The van der Waals surface area contributed by atoms with E-state index in [0.29, 0.717) is 51.6 Å². The monoisotopic (exact) mass is 401 g/mol. The number of aryl methyl sites for hydroxylation is 1. The first-order valence-corrected chi connectivity index (χ1v) is 9.01. The lowest BCUT2D eigenvalue weighted by molar-refractivity contribution is 0.0438. The molecule has 1 aromatic heterocycles. The van der Waals surface area contributed by atoms with Gasteiger partial charge >= 0.3 is 6.03 Å². The van der Waals surface area contributed by atoms with Crippen molar-refractivity contribution in [1.82, 2.24) is 15.2 Å². The summed E-state index contributed by atoms with van der Waals surface area (Å²) in [6.07, 6.45) is -0.902. The van der Waals surface area contributed by atoms with E-state index < -0.39 is 17.6 Å². The van der Waals surface area contributed by atoms with E-state index in [4.69, 9.17) is 9.47 Å². The van der Waals surface area contributed by atoms with Crippen molar-refractivity contribution in [2.45, 2.75) is 32.0 Å². The molecule has 3 N–H and O–H groups in total. The lowest BCUT2D eigenvalue weighted by Gasteiger charge is -2.32. The molecule has 9 heteroatoms. The molecule has 1 aromatic rings. The van der Waals surface area contributed by atoms with Crippen molar-refractivity contribution in [2.75, 3.05) is 39.5 Å². The van der Waals surface area contributed by atoms with Gasteiger partial charge in [-0.05, 0) is 25.8 Å². The maximum absolute atomic E-state index is 12.4. The van der Waals surface area contributed by atoms with Crippen LogP contribution in [0.5, 0.6) is 5.88 Å². The van der Waals surface area contributed by atoms with Gasteiger partial charge in [-0.15, -0.1) is 12.4 Å². The number of hydrogen-bond acceptors (Lipinski definition) is 6. The SMILES string of the molecule is Cc1cccc(OCC2(CNC(=O)N3CCOCC3)C[C@@H](O)[C@@H](O)C2)n1.Cl. The Bertz CT molecular complexity index is 617. The van der Waals surface area contributed by atoms with Crippen LogP contribution in [-0.4, -0.2) is 77.8 Å². The maximum Gasteiger partial charge on any atom is 0.317 e. The molecule has 1 unspecified atom stereocenters. The summed E-state index contributed by atoms with van der Waals surface area (Å²) in [5, 5.41) is 23.0. The summed E-state index contributed by atoms with van der Waals surface area (Å²) in [6, 6.07) is 5.36. The average molecular weight is 402 g/mol. The minimum atomic E-state index is -0.815. The first-order valence-electron chi connectivity index (χ1n) is 9.01. The summed E-state index contributed by atoms with van der Waals surface area (Å²) in [5.41, 5.74) is 0.315. The van der Waals surface area contributed by atoms with Crippen LogP contribution in [0.1, 0.15) is 18.5 Å². The molecule has 27 heavy (non-hydrogen) atoms. The number of rotatable bonds is 5. The summed E-state index contributed by atoms with van der Waals surface area (Å²) in [7, 11) is 0. The fourth-order valence-corrected chi connectivity index (χ4v) is 3.52. The molecule has 0 radical (unpaired) electrons. The molecule has 2 fully saturated rings. The molecule has 152 valence electrons. The van der Waals surface area contributed by atoms with Gasteiger partial charge in [0.05, 0.1) is 32.0 Å². The summed E-state index contributed by atoms with van der Waals surface area (Å²) in [6.45, 7) is 4.68. The number of ether oxygens (including phenoxy) is 2. The first kappa shape index (κ1) is 21.7. The highest BCUT2D eigenvalue weighted by Crippen LogP contribution is 2.38. The zero-order valence-electron chi connectivity index (χ0n) is 15.5. The van der Waals surface area contributed by atoms with Crippen molar-refractivity contribution < 1.29 is 24.5 Å². The van der Waals surface area contributed by atoms with Crippen LogP contribution in [0.15, 0.2) is 18.2 Å². The maximum atomic E-state index is 12.4. The number of carbonyl (C=O) groups excluding carboxylic acids is 1. The molecule has 2 heterocycles. The van der Waals surface area contributed by atoms with Crippen molar-refractivity contribution >= 4 is 18.4 Å². The Hall–Kier alpha value is -1.61. The predicted molar refractivity (Wildman–Crippen MR) is 101 cm³/mol. The molecule has 1 saturated heterocycles. The zero-order chi connectivity index (χ0) is 18.6. The number of morpholine rings is 1. The molecule has 1 aliphatic heterocycles. The number of aliphatic hydroxyl groups excluding tert-OH is 2. The summed E-state index contributed by atoms with van der Waals surface area (Å²) < 4.78 is 11.1. The lowest BCUT2D eigenvalue weighted by Crippen LogP contribution is -2.49. The number of pyridine rings is 1.